The first-order chi connectivity index (χ1) is 14.7. The molecule has 32 heavy (non-hydrogen) atoms. The molecule has 0 bridgehead atoms. The highest BCUT2D eigenvalue weighted by molar-refractivity contribution is 7.89. The Labute approximate surface area is 184 Å². The average molecular weight is 477 g/mol. The molecule has 0 saturated carbocycles. The van der Waals surface area contributed by atoms with Gasteiger partial charge in [0.05, 0.1) is 16.7 Å². The quantitative estimate of drug-likeness (QED) is 0.174. The number of nitrogens with one attached hydrogen (secondary N) is 1. The van der Waals surface area contributed by atoms with Gasteiger partial charge in [-0.2, -0.15) is 13.5 Å². The lowest BCUT2D eigenvalue weighted by atomic mass is 9.89. The van der Waals surface area contributed by atoms with Gasteiger partial charge in [-0.15, -0.1) is 0 Å². The van der Waals surface area contributed by atoms with E-state index in [0.717, 1.165) is 5.56 Å². The van der Waals surface area contributed by atoms with Gasteiger partial charge in [0, 0.05) is 0 Å². The van der Waals surface area contributed by atoms with Crippen LogP contribution in [0.1, 0.15) is 81.5 Å². The van der Waals surface area contributed by atoms with E-state index in [1.54, 1.807) is 12.1 Å². The molecule has 4 nitrogen and oxygen atoms in total. The maximum absolute atomic E-state index is 13.8. The number of hydrogen-bond donors (Lipinski definition) is 1. The van der Waals surface area contributed by atoms with Crippen LogP contribution >= 0.6 is 0 Å². The summed E-state index contributed by atoms with van der Waals surface area (Å²) in [4.78, 5) is 1.81. The Hall–Kier alpha value is -2.49. The lowest BCUT2D eigenvalue weighted by molar-refractivity contribution is 0.377. The first-order valence-corrected chi connectivity index (χ1v) is 11.4. The number of nitrogens with zero attached hydrogens (tertiary/aromatic N) is 1. The second-order valence-electron chi connectivity index (χ2n) is 8.33. The van der Waals surface area contributed by atoms with Crippen LogP contribution in [0, 0.1) is 29.1 Å². The van der Waals surface area contributed by atoms with Gasteiger partial charge in [0.1, 0.15) is 0 Å². The third kappa shape index (κ3) is 4.95. The van der Waals surface area contributed by atoms with E-state index in [9.17, 15) is 30.4 Å². The van der Waals surface area contributed by atoms with E-state index >= 15 is 0 Å². The fourth-order valence-corrected chi connectivity index (χ4v) is 4.63. The zero-order chi connectivity index (χ0) is 24.5. The molecule has 0 amide bonds. The fourth-order valence-electron chi connectivity index (χ4n) is 3.14. The molecule has 0 unspecified atom stereocenters. The molecule has 10 heteroatoms. The van der Waals surface area contributed by atoms with Gasteiger partial charge in [-0.05, 0) is 34.4 Å². The predicted molar refractivity (Wildman–Crippen MR) is 113 cm³/mol. The normalized spacial score (nSPS) is 12.6. The zero-order valence-corrected chi connectivity index (χ0v) is 19.3. The predicted octanol–water partition coefficient (Wildman–Crippen LogP) is 6.06. The van der Waals surface area contributed by atoms with Crippen molar-refractivity contribution < 1.29 is 30.4 Å². The number of sulfonamides is 1. The Morgan fingerprint density at radius 2 is 1.16 bits per heavy atom. The maximum atomic E-state index is 13.8. The van der Waals surface area contributed by atoms with Crippen LogP contribution in [0.4, 0.5) is 22.0 Å². The SMILES string of the molecule is CC(C)c1cc(C(C)C)c(S(=O)(=O)N/N=C/c2c(F)c(F)c(F)c(F)c2F)c(C(C)C)c1. The molecule has 0 radical (unpaired) electrons. The molecule has 0 spiro atoms. The molecule has 0 aliphatic carbocycles. The number of rotatable bonds is 7. The van der Waals surface area contributed by atoms with Crippen LogP contribution in [0.3, 0.4) is 0 Å². The standard InChI is InChI=1S/C22H25F5N2O2S/c1-10(2)13-7-14(11(3)4)22(15(8-13)12(5)6)32(30,31)29-28-9-16-17(23)19(25)21(27)20(26)18(16)24/h7-12,29H,1-6H3/b28-9+. The number of halogens is 5. The van der Waals surface area contributed by atoms with E-state index in [4.69, 9.17) is 0 Å². The molecule has 2 rings (SSSR count). The first-order valence-electron chi connectivity index (χ1n) is 9.94. The van der Waals surface area contributed by atoms with Crippen molar-refractivity contribution in [3.05, 3.63) is 63.5 Å². The van der Waals surface area contributed by atoms with Crippen molar-refractivity contribution >= 4 is 16.2 Å². The van der Waals surface area contributed by atoms with Crippen molar-refractivity contribution in [2.45, 2.75) is 64.2 Å². The molecule has 0 aliphatic rings. The molecule has 0 heterocycles. The minimum atomic E-state index is -4.33. The smallest absolute Gasteiger partial charge is 0.203 e. The Balaban J connectivity index is 2.59. The zero-order valence-electron chi connectivity index (χ0n) is 18.5. The van der Waals surface area contributed by atoms with E-state index in [2.05, 4.69) is 5.10 Å². The fraction of sp³-hybridized carbons (Fsp3) is 0.409. The third-order valence-corrected chi connectivity index (χ3v) is 6.31. The van der Waals surface area contributed by atoms with Gasteiger partial charge < -0.3 is 0 Å². The molecular weight excluding hydrogens is 451 g/mol. The molecule has 0 saturated heterocycles. The van der Waals surface area contributed by atoms with Crippen molar-refractivity contribution in [2.75, 3.05) is 0 Å². The van der Waals surface area contributed by atoms with Crippen molar-refractivity contribution in [2.24, 2.45) is 5.10 Å². The van der Waals surface area contributed by atoms with Crippen LogP contribution in [-0.4, -0.2) is 14.6 Å². The summed E-state index contributed by atoms with van der Waals surface area (Å²) in [5.74, 6) is -11.1. The highest BCUT2D eigenvalue weighted by Gasteiger charge is 2.28. The molecule has 1 N–H and O–H groups in total. The van der Waals surface area contributed by atoms with Gasteiger partial charge in [-0.1, -0.05) is 53.7 Å². The Morgan fingerprint density at radius 1 is 0.750 bits per heavy atom. The number of hydrazone groups is 1. The van der Waals surface area contributed by atoms with Gasteiger partial charge in [0.25, 0.3) is 10.0 Å². The lowest BCUT2D eigenvalue weighted by Gasteiger charge is -2.22. The Morgan fingerprint density at radius 3 is 1.53 bits per heavy atom. The molecule has 0 atom stereocenters. The molecule has 0 aliphatic heterocycles. The first kappa shape index (κ1) is 25.8. The Bertz CT molecular complexity index is 1100. The molecule has 0 aromatic heterocycles. The van der Waals surface area contributed by atoms with E-state index in [1.807, 2.05) is 46.4 Å². The van der Waals surface area contributed by atoms with Gasteiger partial charge in [-0.3, -0.25) is 0 Å². The van der Waals surface area contributed by atoms with Gasteiger partial charge in [0.2, 0.25) is 5.82 Å². The monoisotopic (exact) mass is 476 g/mol. The second kappa shape index (κ2) is 9.56. The van der Waals surface area contributed by atoms with E-state index < -0.39 is 44.7 Å². The summed E-state index contributed by atoms with van der Waals surface area (Å²) in [6.07, 6.45) is 0.250. The van der Waals surface area contributed by atoms with Crippen molar-refractivity contribution in [3.63, 3.8) is 0 Å². The van der Waals surface area contributed by atoms with E-state index in [-0.39, 0.29) is 28.9 Å². The summed E-state index contributed by atoms with van der Waals surface area (Å²) >= 11 is 0. The summed E-state index contributed by atoms with van der Waals surface area (Å²) in [5.41, 5.74) is 0.645. The van der Waals surface area contributed by atoms with Crippen LogP contribution in [0.5, 0.6) is 0 Å². The highest BCUT2D eigenvalue weighted by Crippen LogP contribution is 2.35. The largest absolute Gasteiger partial charge is 0.277 e. The van der Waals surface area contributed by atoms with Crippen molar-refractivity contribution in [1.82, 2.24) is 4.83 Å². The molecule has 2 aromatic rings. The van der Waals surface area contributed by atoms with E-state index in [0.29, 0.717) is 11.1 Å². The summed E-state index contributed by atoms with van der Waals surface area (Å²) in [6.45, 7) is 11.2. The third-order valence-electron chi connectivity index (χ3n) is 4.96. The molecular formula is C22H25F5N2O2S. The molecule has 0 fully saturated rings. The minimum Gasteiger partial charge on any atom is -0.203 e. The topological polar surface area (TPSA) is 58.5 Å². The van der Waals surface area contributed by atoms with Gasteiger partial charge >= 0.3 is 0 Å². The molecule has 2 aromatic carbocycles. The number of benzene rings is 2. The van der Waals surface area contributed by atoms with Crippen LogP contribution in [0.2, 0.25) is 0 Å². The Kier molecular flexibility index (Phi) is 7.70. The minimum absolute atomic E-state index is 0.0264. The van der Waals surface area contributed by atoms with E-state index in [1.165, 1.54) is 0 Å². The summed E-state index contributed by atoms with van der Waals surface area (Å²) < 4.78 is 93.7. The summed E-state index contributed by atoms with van der Waals surface area (Å²) in [7, 11) is -4.33. The average Bonchev–Trinajstić information content (AvgIpc) is 2.72. The molecule has 176 valence electrons. The van der Waals surface area contributed by atoms with Crippen molar-refractivity contribution in [1.29, 1.82) is 0 Å². The van der Waals surface area contributed by atoms with Gasteiger partial charge in [-0.25, -0.2) is 26.8 Å². The van der Waals surface area contributed by atoms with Gasteiger partial charge in [0.15, 0.2) is 23.3 Å². The van der Waals surface area contributed by atoms with Crippen LogP contribution in [-0.2, 0) is 10.0 Å². The summed E-state index contributed by atoms with van der Waals surface area (Å²) in [5, 5.41) is 3.28. The summed E-state index contributed by atoms with van der Waals surface area (Å²) in [6, 6.07) is 3.56. The maximum Gasteiger partial charge on any atom is 0.277 e. The number of hydrogen-bond acceptors (Lipinski definition) is 3. The van der Waals surface area contributed by atoms with Crippen LogP contribution < -0.4 is 4.83 Å². The van der Waals surface area contributed by atoms with Crippen LogP contribution in [0.25, 0.3) is 0 Å². The second-order valence-corrected chi connectivity index (χ2v) is 9.93. The highest BCUT2D eigenvalue weighted by atomic mass is 32.2. The van der Waals surface area contributed by atoms with Crippen LogP contribution in [0.15, 0.2) is 22.1 Å². The van der Waals surface area contributed by atoms with Crippen molar-refractivity contribution in [3.8, 4) is 0 Å². The lowest BCUT2D eigenvalue weighted by Crippen LogP contribution is -2.23.